The number of halogens is 1. The van der Waals surface area contributed by atoms with Crippen LogP contribution in [0.5, 0.6) is 23.0 Å². The van der Waals surface area contributed by atoms with E-state index >= 15 is 0 Å². The fourth-order valence-corrected chi connectivity index (χ4v) is 2.76. The number of ether oxygens (including phenoxy) is 4. The molecule has 2 aromatic carbocycles. The largest absolute Gasteiger partial charge is 0.497 e. The van der Waals surface area contributed by atoms with E-state index in [4.69, 9.17) is 30.5 Å². The molecule has 1 amide bonds. The SMILES string of the molecule is COc1ccc(N=NC(C(C)=O)C(=O)Nc2c(OC)ccc(OC)c2Cl)c(OC)c1. The van der Waals surface area contributed by atoms with Crippen molar-refractivity contribution in [2.45, 2.75) is 13.0 Å². The van der Waals surface area contributed by atoms with Crippen LogP contribution in [0.2, 0.25) is 5.02 Å². The minimum Gasteiger partial charge on any atom is -0.497 e. The summed E-state index contributed by atoms with van der Waals surface area (Å²) in [5, 5.41) is 10.6. The number of methoxy groups -OCH3 is 4. The zero-order valence-corrected chi connectivity index (χ0v) is 17.9. The van der Waals surface area contributed by atoms with Crippen molar-refractivity contribution in [3.05, 3.63) is 35.4 Å². The topological polar surface area (TPSA) is 108 Å². The average Bonchev–Trinajstić information content (AvgIpc) is 2.74. The zero-order chi connectivity index (χ0) is 22.3. The van der Waals surface area contributed by atoms with Crippen molar-refractivity contribution in [1.82, 2.24) is 0 Å². The van der Waals surface area contributed by atoms with Gasteiger partial charge < -0.3 is 24.3 Å². The maximum absolute atomic E-state index is 12.8. The Morgan fingerprint density at radius 1 is 0.933 bits per heavy atom. The number of Topliss-reactive ketones (excluding diaryl/α,β-unsaturated/α-hetero) is 1. The standard InChI is InChI=1S/C20H22ClN3O6/c1-11(25)18(24-23-13-7-6-12(27-2)10-16(13)30-5)20(26)22-19-15(29-4)9-8-14(28-3)17(19)21/h6-10,18H,1-5H3,(H,22,26). The molecule has 0 spiro atoms. The monoisotopic (exact) mass is 435 g/mol. The lowest BCUT2D eigenvalue weighted by Crippen LogP contribution is -2.32. The van der Waals surface area contributed by atoms with Crippen LogP contribution in [0.4, 0.5) is 11.4 Å². The van der Waals surface area contributed by atoms with E-state index in [2.05, 4.69) is 15.5 Å². The fourth-order valence-electron chi connectivity index (χ4n) is 2.48. The molecule has 0 saturated carbocycles. The first-order chi connectivity index (χ1) is 14.4. The zero-order valence-electron chi connectivity index (χ0n) is 17.2. The fraction of sp³-hybridized carbons (Fsp3) is 0.300. The third-order valence-electron chi connectivity index (χ3n) is 4.06. The first-order valence-electron chi connectivity index (χ1n) is 8.70. The predicted molar refractivity (Wildman–Crippen MR) is 112 cm³/mol. The molecule has 1 atom stereocenters. The molecule has 2 aromatic rings. The van der Waals surface area contributed by atoms with Gasteiger partial charge in [0.1, 0.15) is 39.4 Å². The molecule has 30 heavy (non-hydrogen) atoms. The van der Waals surface area contributed by atoms with Crippen molar-refractivity contribution < 1.29 is 28.5 Å². The minimum absolute atomic E-state index is 0.126. The summed E-state index contributed by atoms with van der Waals surface area (Å²) in [4.78, 5) is 24.8. The van der Waals surface area contributed by atoms with Gasteiger partial charge >= 0.3 is 0 Å². The molecule has 1 N–H and O–H groups in total. The van der Waals surface area contributed by atoms with Gasteiger partial charge in [0.2, 0.25) is 6.04 Å². The number of carbonyl (C=O) groups is 2. The molecule has 0 aromatic heterocycles. The predicted octanol–water partition coefficient (Wildman–Crippen LogP) is 4.05. The van der Waals surface area contributed by atoms with Gasteiger partial charge in [0.25, 0.3) is 5.91 Å². The number of nitrogens with one attached hydrogen (secondary N) is 1. The van der Waals surface area contributed by atoms with Crippen LogP contribution in [0.15, 0.2) is 40.6 Å². The lowest BCUT2D eigenvalue weighted by Gasteiger charge is -2.16. The second-order valence-electron chi connectivity index (χ2n) is 5.91. The smallest absolute Gasteiger partial charge is 0.258 e. The Kier molecular flexibility index (Phi) is 7.99. The Bertz CT molecular complexity index is 964. The van der Waals surface area contributed by atoms with Crippen LogP contribution < -0.4 is 24.3 Å². The third-order valence-corrected chi connectivity index (χ3v) is 4.43. The Morgan fingerprint density at radius 2 is 1.57 bits per heavy atom. The second-order valence-corrected chi connectivity index (χ2v) is 6.29. The highest BCUT2D eigenvalue weighted by Gasteiger charge is 2.26. The van der Waals surface area contributed by atoms with Gasteiger partial charge in [-0.15, -0.1) is 0 Å². The van der Waals surface area contributed by atoms with Crippen LogP contribution in [-0.4, -0.2) is 46.2 Å². The van der Waals surface area contributed by atoms with Gasteiger partial charge in [-0.2, -0.15) is 10.2 Å². The van der Waals surface area contributed by atoms with Gasteiger partial charge in [0.05, 0.1) is 28.4 Å². The van der Waals surface area contributed by atoms with Crippen LogP contribution in [0.3, 0.4) is 0 Å². The second kappa shape index (κ2) is 10.4. The molecule has 1 unspecified atom stereocenters. The normalized spacial score (nSPS) is 11.7. The number of azo groups is 1. The molecular weight excluding hydrogens is 414 g/mol. The lowest BCUT2D eigenvalue weighted by atomic mass is 10.2. The summed E-state index contributed by atoms with van der Waals surface area (Å²) >= 11 is 6.28. The van der Waals surface area contributed by atoms with Crippen molar-refractivity contribution in [1.29, 1.82) is 0 Å². The molecule has 0 aliphatic carbocycles. The quantitative estimate of drug-likeness (QED) is 0.470. The molecule has 0 radical (unpaired) electrons. The van der Waals surface area contributed by atoms with E-state index in [1.54, 1.807) is 30.3 Å². The number of hydrogen-bond acceptors (Lipinski definition) is 8. The van der Waals surface area contributed by atoms with Crippen molar-refractivity contribution in [2.75, 3.05) is 33.8 Å². The summed E-state index contributed by atoms with van der Waals surface area (Å²) in [7, 11) is 5.84. The number of carbonyl (C=O) groups excluding carboxylic acids is 2. The van der Waals surface area contributed by atoms with E-state index in [-0.39, 0.29) is 10.7 Å². The van der Waals surface area contributed by atoms with E-state index in [9.17, 15) is 9.59 Å². The molecule has 0 saturated heterocycles. The van der Waals surface area contributed by atoms with Crippen LogP contribution in [0, 0.1) is 0 Å². The van der Waals surface area contributed by atoms with E-state index < -0.39 is 17.7 Å². The highest BCUT2D eigenvalue weighted by Crippen LogP contribution is 2.39. The van der Waals surface area contributed by atoms with Gasteiger partial charge in [0, 0.05) is 6.07 Å². The summed E-state index contributed by atoms with van der Waals surface area (Å²) in [6.45, 7) is 1.24. The molecular formula is C20H22ClN3O6. The lowest BCUT2D eigenvalue weighted by molar-refractivity contribution is -0.126. The van der Waals surface area contributed by atoms with E-state index in [1.165, 1.54) is 35.4 Å². The maximum atomic E-state index is 12.8. The summed E-state index contributed by atoms with van der Waals surface area (Å²) < 4.78 is 20.7. The summed E-state index contributed by atoms with van der Waals surface area (Å²) in [6, 6.07) is 6.61. The number of amides is 1. The van der Waals surface area contributed by atoms with Crippen molar-refractivity contribution in [3.8, 4) is 23.0 Å². The first kappa shape index (κ1) is 23.0. The molecule has 0 aliphatic rings. The number of benzene rings is 2. The molecule has 0 aliphatic heterocycles. The highest BCUT2D eigenvalue weighted by atomic mass is 35.5. The summed E-state index contributed by atoms with van der Waals surface area (Å²) in [5.74, 6) is 0.320. The highest BCUT2D eigenvalue weighted by molar-refractivity contribution is 6.35. The average molecular weight is 436 g/mol. The Labute approximate surface area is 178 Å². The third kappa shape index (κ3) is 5.18. The molecule has 0 heterocycles. The molecule has 9 nitrogen and oxygen atoms in total. The van der Waals surface area contributed by atoms with Crippen LogP contribution in [0.25, 0.3) is 0 Å². The van der Waals surface area contributed by atoms with Gasteiger partial charge in [-0.25, -0.2) is 0 Å². The maximum Gasteiger partial charge on any atom is 0.258 e. The van der Waals surface area contributed by atoms with Gasteiger partial charge in [-0.05, 0) is 31.2 Å². The summed E-state index contributed by atoms with van der Waals surface area (Å²) in [6.07, 6.45) is 0. The molecule has 2 rings (SSSR count). The van der Waals surface area contributed by atoms with E-state index in [0.29, 0.717) is 28.7 Å². The number of anilines is 1. The molecule has 160 valence electrons. The van der Waals surface area contributed by atoms with Crippen LogP contribution in [0.1, 0.15) is 6.92 Å². The molecule has 10 heteroatoms. The molecule has 0 bridgehead atoms. The Hall–Kier alpha value is -3.33. The number of hydrogen-bond donors (Lipinski definition) is 1. The van der Waals surface area contributed by atoms with Crippen molar-refractivity contribution in [2.24, 2.45) is 10.2 Å². The van der Waals surface area contributed by atoms with Gasteiger partial charge in [-0.1, -0.05) is 11.6 Å². The Morgan fingerprint density at radius 3 is 2.13 bits per heavy atom. The van der Waals surface area contributed by atoms with E-state index in [1.807, 2.05) is 0 Å². The minimum atomic E-state index is -1.41. The molecule has 0 fully saturated rings. The van der Waals surface area contributed by atoms with Gasteiger partial charge in [0.15, 0.2) is 5.78 Å². The number of rotatable bonds is 9. The summed E-state index contributed by atoms with van der Waals surface area (Å²) in [5.41, 5.74) is 0.487. The van der Waals surface area contributed by atoms with E-state index in [0.717, 1.165) is 0 Å². The first-order valence-corrected chi connectivity index (χ1v) is 9.08. The van der Waals surface area contributed by atoms with Gasteiger partial charge in [-0.3, -0.25) is 9.59 Å². The number of ketones is 1. The van der Waals surface area contributed by atoms with Crippen molar-refractivity contribution in [3.63, 3.8) is 0 Å². The van der Waals surface area contributed by atoms with Crippen molar-refractivity contribution >= 4 is 34.7 Å². The van der Waals surface area contributed by atoms with Crippen LogP contribution in [-0.2, 0) is 9.59 Å². The number of nitrogens with zero attached hydrogens (tertiary/aromatic N) is 2. The Balaban J connectivity index is 2.33. The van der Waals surface area contributed by atoms with Crippen LogP contribution >= 0.6 is 11.6 Å².